The standard InChI is InChI=1S/C19H24N2O3/c1-6-9-24-18-17(22)16(19(23)21(5)20-18)15-13(7-2)10-12(4)11-14(15)8-3/h6,10-11,22H,1,7-9H2,2-5H3. The average Bonchev–Trinajstić information content (AvgIpc) is 2.57. The summed E-state index contributed by atoms with van der Waals surface area (Å²) in [5, 5.41) is 14.7. The maximum absolute atomic E-state index is 12.7. The van der Waals surface area contributed by atoms with Gasteiger partial charge >= 0.3 is 0 Å². The lowest BCUT2D eigenvalue weighted by atomic mass is 9.90. The second-order valence-electron chi connectivity index (χ2n) is 5.72. The first-order valence-electron chi connectivity index (χ1n) is 8.11. The Morgan fingerprint density at radius 2 is 1.83 bits per heavy atom. The van der Waals surface area contributed by atoms with E-state index in [9.17, 15) is 9.90 Å². The van der Waals surface area contributed by atoms with E-state index in [-0.39, 0.29) is 29.4 Å². The lowest BCUT2D eigenvalue weighted by Gasteiger charge is -2.17. The molecule has 1 aromatic carbocycles. The quantitative estimate of drug-likeness (QED) is 0.827. The van der Waals surface area contributed by atoms with Crippen molar-refractivity contribution < 1.29 is 9.84 Å². The minimum Gasteiger partial charge on any atom is -0.502 e. The van der Waals surface area contributed by atoms with E-state index in [0.717, 1.165) is 35.1 Å². The molecular formula is C19H24N2O3. The molecule has 1 aromatic heterocycles. The van der Waals surface area contributed by atoms with Gasteiger partial charge in [-0.2, -0.15) is 0 Å². The van der Waals surface area contributed by atoms with E-state index in [0.29, 0.717) is 0 Å². The third-order valence-electron chi connectivity index (χ3n) is 3.98. The average molecular weight is 328 g/mol. The van der Waals surface area contributed by atoms with Gasteiger partial charge in [-0.1, -0.05) is 44.2 Å². The molecule has 24 heavy (non-hydrogen) atoms. The van der Waals surface area contributed by atoms with Crippen LogP contribution >= 0.6 is 0 Å². The normalized spacial score (nSPS) is 10.7. The molecule has 0 aliphatic heterocycles. The van der Waals surface area contributed by atoms with Gasteiger partial charge in [-0.3, -0.25) is 4.79 Å². The molecule has 0 atom stereocenters. The summed E-state index contributed by atoms with van der Waals surface area (Å²) in [5.41, 5.74) is 3.89. The third-order valence-corrected chi connectivity index (χ3v) is 3.98. The minimum atomic E-state index is -0.341. The van der Waals surface area contributed by atoms with Crippen LogP contribution < -0.4 is 10.3 Å². The lowest BCUT2D eigenvalue weighted by Crippen LogP contribution is -2.23. The Bertz CT molecular complexity index is 797. The number of aryl methyl sites for hydroxylation is 4. The van der Waals surface area contributed by atoms with Crippen molar-refractivity contribution in [2.45, 2.75) is 33.6 Å². The van der Waals surface area contributed by atoms with Crippen molar-refractivity contribution in [1.82, 2.24) is 9.78 Å². The van der Waals surface area contributed by atoms with E-state index in [1.807, 2.05) is 20.8 Å². The maximum atomic E-state index is 12.7. The SMILES string of the molecule is C=CCOc1nn(C)c(=O)c(-c2c(CC)cc(C)cc2CC)c1O. The number of aromatic nitrogens is 2. The zero-order chi connectivity index (χ0) is 17.9. The van der Waals surface area contributed by atoms with Crippen LogP contribution in [0.3, 0.4) is 0 Å². The smallest absolute Gasteiger partial charge is 0.278 e. The molecule has 0 unspecified atom stereocenters. The molecular weight excluding hydrogens is 304 g/mol. The highest BCUT2D eigenvalue weighted by Gasteiger charge is 2.22. The zero-order valence-corrected chi connectivity index (χ0v) is 14.7. The van der Waals surface area contributed by atoms with Crippen LogP contribution in [0.5, 0.6) is 11.6 Å². The van der Waals surface area contributed by atoms with E-state index < -0.39 is 0 Å². The molecule has 2 aromatic rings. The summed E-state index contributed by atoms with van der Waals surface area (Å²) in [4.78, 5) is 12.7. The van der Waals surface area contributed by atoms with Crippen LogP contribution in [0.15, 0.2) is 29.6 Å². The van der Waals surface area contributed by atoms with Crippen LogP contribution in [-0.4, -0.2) is 21.5 Å². The molecule has 0 bridgehead atoms. The van der Waals surface area contributed by atoms with Crippen LogP contribution in [-0.2, 0) is 19.9 Å². The maximum Gasteiger partial charge on any atom is 0.278 e. The fourth-order valence-corrected chi connectivity index (χ4v) is 2.88. The van der Waals surface area contributed by atoms with Crippen LogP contribution in [0, 0.1) is 6.92 Å². The van der Waals surface area contributed by atoms with Gasteiger partial charge in [-0.05, 0) is 36.5 Å². The van der Waals surface area contributed by atoms with E-state index in [2.05, 4.69) is 23.8 Å². The van der Waals surface area contributed by atoms with E-state index in [4.69, 9.17) is 4.74 Å². The Kier molecular flexibility index (Phi) is 5.44. The Balaban J connectivity index is 2.84. The number of hydrogen-bond acceptors (Lipinski definition) is 4. The van der Waals surface area contributed by atoms with Crippen LogP contribution in [0.1, 0.15) is 30.5 Å². The summed E-state index contributed by atoms with van der Waals surface area (Å²) >= 11 is 0. The molecule has 0 fully saturated rings. The summed E-state index contributed by atoms with van der Waals surface area (Å²) in [5.74, 6) is -0.176. The summed E-state index contributed by atoms with van der Waals surface area (Å²) < 4.78 is 6.62. The van der Waals surface area contributed by atoms with Crippen LogP contribution in [0.25, 0.3) is 11.1 Å². The number of aromatic hydroxyl groups is 1. The molecule has 0 saturated carbocycles. The Morgan fingerprint density at radius 1 is 1.25 bits per heavy atom. The molecule has 5 nitrogen and oxygen atoms in total. The highest BCUT2D eigenvalue weighted by Crippen LogP contribution is 2.37. The first kappa shape index (κ1) is 17.8. The minimum absolute atomic E-state index is 0.0386. The highest BCUT2D eigenvalue weighted by atomic mass is 16.5. The number of hydrogen-bond donors (Lipinski definition) is 1. The van der Waals surface area contributed by atoms with Gasteiger partial charge in [0.15, 0.2) is 5.75 Å². The van der Waals surface area contributed by atoms with Crippen molar-refractivity contribution in [2.75, 3.05) is 6.61 Å². The highest BCUT2D eigenvalue weighted by molar-refractivity contribution is 5.77. The van der Waals surface area contributed by atoms with Gasteiger partial charge in [0.2, 0.25) is 0 Å². The van der Waals surface area contributed by atoms with Crippen molar-refractivity contribution >= 4 is 0 Å². The predicted molar refractivity (Wildman–Crippen MR) is 95.8 cm³/mol. The van der Waals surface area contributed by atoms with Crippen molar-refractivity contribution in [1.29, 1.82) is 0 Å². The molecule has 0 spiro atoms. The number of benzene rings is 1. The first-order valence-corrected chi connectivity index (χ1v) is 8.11. The summed E-state index contributed by atoms with van der Waals surface area (Å²) in [6.07, 6.45) is 3.09. The first-order chi connectivity index (χ1) is 11.4. The molecule has 5 heteroatoms. The fraction of sp³-hybridized carbons (Fsp3) is 0.368. The van der Waals surface area contributed by atoms with Crippen molar-refractivity contribution in [2.24, 2.45) is 7.05 Å². The molecule has 1 heterocycles. The van der Waals surface area contributed by atoms with Gasteiger partial charge in [0, 0.05) is 7.05 Å². The molecule has 1 N–H and O–H groups in total. The molecule has 0 amide bonds. The Hall–Kier alpha value is -2.56. The monoisotopic (exact) mass is 328 g/mol. The van der Waals surface area contributed by atoms with Crippen molar-refractivity contribution in [3.8, 4) is 22.8 Å². The molecule has 0 aliphatic rings. The molecule has 0 saturated heterocycles. The van der Waals surface area contributed by atoms with Gasteiger partial charge in [-0.15, -0.1) is 5.10 Å². The zero-order valence-electron chi connectivity index (χ0n) is 14.7. The van der Waals surface area contributed by atoms with Crippen LogP contribution in [0.4, 0.5) is 0 Å². The van der Waals surface area contributed by atoms with Crippen molar-refractivity contribution in [3.63, 3.8) is 0 Å². The molecule has 0 radical (unpaired) electrons. The lowest BCUT2D eigenvalue weighted by molar-refractivity contribution is 0.311. The molecule has 128 valence electrons. The van der Waals surface area contributed by atoms with E-state index in [1.54, 1.807) is 13.1 Å². The van der Waals surface area contributed by atoms with Gasteiger partial charge in [0.25, 0.3) is 11.4 Å². The summed E-state index contributed by atoms with van der Waals surface area (Å²) in [6.45, 7) is 9.90. The molecule has 0 aliphatic carbocycles. The fourth-order valence-electron chi connectivity index (χ4n) is 2.88. The Labute approximate surface area is 142 Å². The topological polar surface area (TPSA) is 64.4 Å². The van der Waals surface area contributed by atoms with Crippen LogP contribution in [0.2, 0.25) is 0 Å². The Morgan fingerprint density at radius 3 is 2.33 bits per heavy atom. The number of rotatable bonds is 6. The third kappa shape index (κ3) is 3.20. The van der Waals surface area contributed by atoms with Gasteiger partial charge < -0.3 is 9.84 Å². The predicted octanol–water partition coefficient (Wildman–Crippen LogP) is 3.15. The van der Waals surface area contributed by atoms with Gasteiger partial charge in [0.1, 0.15) is 6.61 Å². The largest absolute Gasteiger partial charge is 0.502 e. The van der Waals surface area contributed by atoms with E-state index in [1.165, 1.54) is 4.68 Å². The molecule has 2 rings (SSSR count). The van der Waals surface area contributed by atoms with E-state index >= 15 is 0 Å². The second-order valence-corrected chi connectivity index (χ2v) is 5.72. The second kappa shape index (κ2) is 7.34. The number of nitrogens with zero attached hydrogens (tertiary/aromatic N) is 2. The van der Waals surface area contributed by atoms with Gasteiger partial charge in [0.05, 0.1) is 5.56 Å². The summed E-state index contributed by atoms with van der Waals surface area (Å²) in [6, 6.07) is 4.11. The van der Waals surface area contributed by atoms with Crippen molar-refractivity contribution in [3.05, 3.63) is 51.8 Å². The van der Waals surface area contributed by atoms with Gasteiger partial charge in [-0.25, -0.2) is 4.68 Å². The number of ether oxygens (including phenoxy) is 1. The summed E-state index contributed by atoms with van der Waals surface area (Å²) in [7, 11) is 1.55.